The van der Waals surface area contributed by atoms with Crippen LogP contribution in [0.4, 0.5) is 16.2 Å². The van der Waals surface area contributed by atoms with Gasteiger partial charge in [0.25, 0.3) is 5.91 Å². The van der Waals surface area contributed by atoms with Crippen LogP contribution >= 0.6 is 0 Å². The Kier molecular flexibility index (Phi) is 10.0. The Balaban J connectivity index is 1.19. The topological polar surface area (TPSA) is 94.1 Å². The van der Waals surface area contributed by atoms with Crippen molar-refractivity contribution in [3.63, 3.8) is 0 Å². The van der Waals surface area contributed by atoms with Crippen molar-refractivity contribution >= 4 is 34.1 Å². The maximum atomic E-state index is 13.9. The smallest absolute Gasteiger partial charge is 0.323 e. The molecule has 3 atom stereocenters. The first-order valence-electron chi connectivity index (χ1n) is 16.4. The molecule has 0 unspecified atom stereocenters. The van der Waals surface area contributed by atoms with Gasteiger partial charge in [0.1, 0.15) is 11.9 Å². The van der Waals surface area contributed by atoms with Crippen LogP contribution in [0.1, 0.15) is 29.8 Å². The number of aliphatic hydroxyl groups is 1. The number of carbonyl (C=O) groups is 2. The standard InChI is InChI=1S/C40H42N4O4/c1-27-23-44(28(2)26-45)39(46)35-22-33(41-40(47)42-36-15-9-13-32-12-7-8-14-34(32)36)20-21-37(35)48-38(27)25-43(3)24-29-16-18-31(19-17-29)30-10-5-4-6-11-30/h4-22,27-28,38,45H,23-26H2,1-3H3,(H2,41,42,47)/t27-,28+,38+/m0/s1. The van der Waals surface area contributed by atoms with Crippen LogP contribution in [0.2, 0.25) is 0 Å². The van der Waals surface area contributed by atoms with Crippen LogP contribution < -0.4 is 15.4 Å². The Labute approximate surface area is 282 Å². The number of fused-ring (bicyclic) bond motifs is 2. The first kappa shape index (κ1) is 32.7. The molecule has 6 rings (SSSR count). The Hall–Kier alpha value is -5.18. The molecule has 1 aliphatic heterocycles. The van der Waals surface area contributed by atoms with Crippen molar-refractivity contribution in [1.29, 1.82) is 0 Å². The molecule has 246 valence electrons. The van der Waals surface area contributed by atoms with E-state index in [1.165, 1.54) is 16.7 Å². The van der Waals surface area contributed by atoms with Gasteiger partial charge in [0.15, 0.2) is 0 Å². The Bertz CT molecular complexity index is 1870. The fraction of sp³-hybridized carbons (Fsp3) is 0.250. The van der Waals surface area contributed by atoms with Gasteiger partial charge in [-0.25, -0.2) is 4.79 Å². The third-order valence-electron chi connectivity index (χ3n) is 8.97. The lowest BCUT2D eigenvalue weighted by Crippen LogP contribution is -2.49. The molecule has 0 spiro atoms. The van der Waals surface area contributed by atoms with Crippen molar-refractivity contribution in [2.75, 3.05) is 37.4 Å². The lowest BCUT2D eigenvalue weighted by molar-refractivity contribution is 0.0341. The number of amides is 3. The molecular formula is C40H42N4O4. The van der Waals surface area contributed by atoms with Crippen molar-refractivity contribution in [1.82, 2.24) is 9.80 Å². The highest BCUT2D eigenvalue weighted by atomic mass is 16.5. The number of anilines is 2. The molecule has 0 aliphatic carbocycles. The van der Waals surface area contributed by atoms with Gasteiger partial charge in [0, 0.05) is 36.6 Å². The molecule has 3 N–H and O–H groups in total. The number of hydrogen-bond donors (Lipinski definition) is 3. The summed E-state index contributed by atoms with van der Waals surface area (Å²) in [6.07, 6.45) is -0.229. The first-order chi connectivity index (χ1) is 23.3. The summed E-state index contributed by atoms with van der Waals surface area (Å²) < 4.78 is 6.59. The maximum Gasteiger partial charge on any atom is 0.323 e. The Morgan fingerprint density at radius 1 is 0.917 bits per heavy atom. The molecule has 0 radical (unpaired) electrons. The second kappa shape index (κ2) is 14.7. The van der Waals surface area contributed by atoms with E-state index >= 15 is 0 Å². The molecule has 0 saturated heterocycles. The number of rotatable bonds is 9. The zero-order valence-corrected chi connectivity index (χ0v) is 27.6. The molecule has 48 heavy (non-hydrogen) atoms. The molecule has 0 fully saturated rings. The van der Waals surface area contributed by atoms with Crippen LogP contribution in [0.25, 0.3) is 21.9 Å². The maximum absolute atomic E-state index is 13.9. The minimum atomic E-state index is -0.420. The van der Waals surface area contributed by atoms with Gasteiger partial charge in [-0.15, -0.1) is 0 Å². The molecule has 0 aromatic heterocycles. The number of carbonyl (C=O) groups excluding carboxylic acids is 2. The number of hydrogen-bond acceptors (Lipinski definition) is 5. The summed E-state index contributed by atoms with van der Waals surface area (Å²) in [6, 6.07) is 36.9. The summed E-state index contributed by atoms with van der Waals surface area (Å²) in [4.78, 5) is 30.9. The fourth-order valence-corrected chi connectivity index (χ4v) is 6.25. The highest BCUT2D eigenvalue weighted by Gasteiger charge is 2.33. The summed E-state index contributed by atoms with van der Waals surface area (Å²) in [5, 5.41) is 17.8. The fourth-order valence-electron chi connectivity index (χ4n) is 6.25. The number of likely N-dealkylation sites (N-methyl/N-ethyl adjacent to an activating group) is 1. The van der Waals surface area contributed by atoms with Gasteiger partial charge in [0.2, 0.25) is 0 Å². The molecule has 3 amide bonds. The molecule has 1 heterocycles. The van der Waals surface area contributed by atoms with Crippen LogP contribution in [0.3, 0.4) is 0 Å². The van der Waals surface area contributed by atoms with E-state index in [0.29, 0.717) is 35.8 Å². The van der Waals surface area contributed by atoms with Crippen molar-refractivity contribution in [3.05, 3.63) is 126 Å². The lowest BCUT2D eigenvalue weighted by atomic mass is 9.99. The summed E-state index contributed by atoms with van der Waals surface area (Å²) in [5.74, 6) is 0.192. The molecular weight excluding hydrogens is 600 g/mol. The molecule has 1 aliphatic rings. The molecule has 5 aromatic rings. The van der Waals surface area contributed by atoms with E-state index < -0.39 is 12.1 Å². The second-order valence-corrected chi connectivity index (χ2v) is 12.7. The molecule has 0 saturated carbocycles. The minimum Gasteiger partial charge on any atom is -0.488 e. The zero-order chi connectivity index (χ0) is 33.6. The largest absolute Gasteiger partial charge is 0.488 e. The monoisotopic (exact) mass is 642 g/mol. The summed E-state index contributed by atoms with van der Waals surface area (Å²) in [6.45, 7) is 5.54. The van der Waals surface area contributed by atoms with Crippen LogP contribution in [-0.4, -0.2) is 65.7 Å². The van der Waals surface area contributed by atoms with Gasteiger partial charge < -0.3 is 25.4 Å². The Morgan fingerprint density at radius 3 is 2.40 bits per heavy atom. The van der Waals surface area contributed by atoms with Crippen LogP contribution in [-0.2, 0) is 6.54 Å². The van der Waals surface area contributed by atoms with Crippen molar-refractivity contribution in [3.8, 4) is 16.9 Å². The highest BCUT2D eigenvalue weighted by molar-refractivity contribution is 6.07. The third kappa shape index (κ3) is 7.51. The first-order valence-corrected chi connectivity index (χ1v) is 16.4. The van der Waals surface area contributed by atoms with Gasteiger partial charge in [-0.05, 0) is 60.3 Å². The van der Waals surface area contributed by atoms with Gasteiger partial charge >= 0.3 is 6.03 Å². The van der Waals surface area contributed by atoms with E-state index in [4.69, 9.17) is 4.74 Å². The normalized spacial score (nSPS) is 16.9. The summed E-state index contributed by atoms with van der Waals surface area (Å²) in [5.41, 5.74) is 5.05. The van der Waals surface area contributed by atoms with Crippen LogP contribution in [0, 0.1) is 5.92 Å². The molecule has 0 bridgehead atoms. The van der Waals surface area contributed by atoms with E-state index in [9.17, 15) is 14.7 Å². The molecule has 8 heteroatoms. The number of benzene rings is 5. The second-order valence-electron chi connectivity index (χ2n) is 12.7. The number of ether oxygens (including phenoxy) is 1. The molecule has 8 nitrogen and oxygen atoms in total. The van der Waals surface area contributed by atoms with Crippen LogP contribution in [0.15, 0.2) is 115 Å². The van der Waals surface area contributed by atoms with Gasteiger partial charge in [0.05, 0.1) is 23.9 Å². The van der Waals surface area contributed by atoms with Crippen molar-refractivity contribution < 1.29 is 19.4 Å². The van der Waals surface area contributed by atoms with Gasteiger partial charge in [-0.1, -0.05) is 97.9 Å². The SMILES string of the molecule is C[C@H](CO)N1C[C@H](C)[C@@H](CN(C)Cc2ccc(-c3ccccc3)cc2)Oc2ccc(NC(=O)Nc3cccc4ccccc34)cc2C1=O. The summed E-state index contributed by atoms with van der Waals surface area (Å²) in [7, 11) is 2.07. The van der Waals surface area contributed by atoms with Crippen molar-refractivity contribution in [2.24, 2.45) is 5.92 Å². The number of urea groups is 1. The van der Waals surface area contributed by atoms with Gasteiger partial charge in [-0.2, -0.15) is 0 Å². The minimum absolute atomic E-state index is 0.0109. The predicted molar refractivity (Wildman–Crippen MR) is 192 cm³/mol. The lowest BCUT2D eigenvalue weighted by Gasteiger charge is -2.38. The van der Waals surface area contributed by atoms with E-state index in [1.807, 2.05) is 67.6 Å². The quantitative estimate of drug-likeness (QED) is 0.155. The number of nitrogens with zero attached hydrogens (tertiary/aromatic N) is 2. The number of nitrogens with one attached hydrogen (secondary N) is 2. The van der Waals surface area contributed by atoms with Gasteiger partial charge in [-0.3, -0.25) is 9.69 Å². The predicted octanol–water partition coefficient (Wildman–Crippen LogP) is 7.50. The zero-order valence-electron chi connectivity index (χ0n) is 27.6. The van der Waals surface area contributed by atoms with E-state index in [2.05, 4.69) is 65.9 Å². The average Bonchev–Trinajstić information content (AvgIpc) is 3.10. The van der Waals surface area contributed by atoms with E-state index in [-0.39, 0.29) is 24.5 Å². The van der Waals surface area contributed by atoms with Crippen molar-refractivity contribution in [2.45, 2.75) is 32.5 Å². The van der Waals surface area contributed by atoms with E-state index in [0.717, 1.165) is 17.3 Å². The Morgan fingerprint density at radius 2 is 1.62 bits per heavy atom. The average molecular weight is 643 g/mol. The highest BCUT2D eigenvalue weighted by Crippen LogP contribution is 2.31. The van der Waals surface area contributed by atoms with Crippen LogP contribution in [0.5, 0.6) is 5.75 Å². The third-order valence-corrected chi connectivity index (χ3v) is 8.97. The van der Waals surface area contributed by atoms with E-state index in [1.54, 1.807) is 23.1 Å². The number of aliphatic hydroxyl groups excluding tert-OH is 1. The summed E-state index contributed by atoms with van der Waals surface area (Å²) >= 11 is 0. The molecule has 5 aromatic carbocycles.